The average Bonchev–Trinajstić information content (AvgIpc) is 3.28. The van der Waals surface area contributed by atoms with E-state index in [9.17, 15) is 9.59 Å². The first-order chi connectivity index (χ1) is 16.5. The molecule has 0 radical (unpaired) electrons. The first-order valence-electron chi connectivity index (χ1n) is 10.6. The van der Waals surface area contributed by atoms with Crippen LogP contribution in [0.25, 0.3) is 11.3 Å². The minimum absolute atomic E-state index is 0.0475. The molecule has 0 spiro atoms. The molecule has 7 nitrogen and oxygen atoms in total. The van der Waals surface area contributed by atoms with Crippen molar-refractivity contribution in [1.82, 2.24) is 14.9 Å². The molecular weight excluding hydrogens is 470 g/mol. The lowest BCUT2D eigenvalue weighted by Crippen LogP contribution is -2.25. The third kappa shape index (κ3) is 4.64. The van der Waals surface area contributed by atoms with Crippen molar-refractivity contribution < 1.29 is 9.59 Å². The quantitative estimate of drug-likeness (QED) is 0.393. The molecule has 0 unspecified atom stereocenters. The number of halogens is 1. The Labute approximate surface area is 205 Å². The van der Waals surface area contributed by atoms with Gasteiger partial charge in [-0.05, 0) is 53.9 Å². The molecule has 0 saturated carbocycles. The van der Waals surface area contributed by atoms with Gasteiger partial charge in [-0.3, -0.25) is 9.59 Å². The molecule has 2 N–H and O–H groups in total. The Hall–Kier alpha value is -3.75. The third-order valence-electron chi connectivity index (χ3n) is 5.43. The number of carbonyl (C=O) groups excluding carboxylic acids is 2. The van der Waals surface area contributed by atoms with E-state index in [4.69, 9.17) is 11.6 Å². The van der Waals surface area contributed by atoms with Gasteiger partial charge in [0.05, 0.1) is 24.3 Å². The van der Waals surface area contributed by atoms with Crippen LogP contribution in [-0.4, -0.2) is 33.7 Å². The Morgan fingerprint density at radius 2 is 2.03 bits per heavy atom. The number of anilines is 3. The monoisotopic (exact) mass is 489 g/mol. The van der Waals surface area contributed by atoms with Crippen LogP contribution in [0.3, 0.4) is 0 Å². The molecule has 0 saturated heterocycles. The van der Waals surface area contributed by atoms with E-state index in [0.717, 1.165) is 21.7 Å². The van der Waals surface area contributed by atoms with Gasteiger partial charge in [0, 0.05) is 45.5 Å². The highest BCUT2D eigenvalue weighted by atomic mass is 35.5. The van der Waals surface area contributed by atoms with Crippen molar-refractivity contribution in [1.29, 1.82) is 0 Å². The van der Waals surface area contributed by atoms with E-state index >= 15 is 0 Å². The van der Waals surface area contributed by atoms with Crippen LogP contribution in [0.5, 0.6) is 0 Å². The normalized spacial score (nSPS) is 12.2. The zero-order valence-corrected chi connectivity index (χ0v) is 19.8. The highest BCUT2D eigenvalue weighted by molar-refractivity contribution is 7.09. The maximum atomic E-state index is 12.7. The molecule has 2 aromatic carbocycles. The molecule has 1 aliphatic rings. The number of nitrogens with one attached hydrogen (secondary N) is 2. The van der Waals surface area contributed by atoms with E-state index in [1.165, 1.54) is 0 Å². The molecule has 0 aliphatic carbocycles. The van der Waals surface area contributed by atoms with Crippen LogP contribution >= 0.6 is 22.9 Å². The molecule has 4 aromatic rings. The van der Waals surface area contributed by atoms with E-state index in [1.54, 1.807) is 53.7 Å². The van der Waals surface area contributed by atoms with E-state index < -0.39 is 0 Å². The van der Waals surface area contributed by atoms with Crippen LogP contribution in [0.1, 0.15) is 20.8 Å². The maximum Gasteiger partial charge on any atom is 0.253 e. The van der Waals surface area contributed by atoms with Gasteiger partial charge in [-0.1, -0.05) is 17.7 Å². The second kappa shape index (κ2) is 9.24. The van der Waals surface area contributed by atoms with Gasteiger partial charge in [-0.25, -0.2) is 9.97 Å². The van der Waals surface area contributed by atoms with Gasteiger partial charge in [0.1, 0.15) is 0 Å². The lowest BCUT2D eigenvalue weighted by molar-refractivity contribution is -0.115. The average molecular weight is 490 g/mol. The zero-order valence-electron chi connectivity index (χ0n) is 18.2. The van der Waals surface area contributed by atoms with Gasteiger partial charge in [-0.15, -0.1) is 11.3 Å². The van der Waals surface area contributed by atoms with E-state index in [0.29, 0.717) is 34.5 Å². The van der Waals surface area contributed by atoms with Gasteiger partial charge >= 0.3 is 0 Å². The van der Waals surface area contributed by atoms with Crippen LogP contribution in [0.15, 0.2) is 66.2 Å². The molecule has 0 fully saturated rings. The van der Waals surface area contributed by atoms with Crippen LogP contribution < -0.4 is 10.6 Å². The fourth-order valence-corrected chi connectivity index (χ4v) is 4.71. The summed E-state index contributed by atoms with van der Waals surface area (Å²) in [5.74, 6) is 0.201. The number of rotatable bonds is 5. The molecule has 2 aromatic heterocycles. The largest absolute Gasteiger partial charge is 0.337 e. The molecule has 34 heavy (non-hydrogen) atoms. The van der Waals surface area contributed by atoms with E-state index in [2.05, 4.69) is 20.6 Å². The Morgan fingerprint density at radius 3 is 2.79 bits per heavy atom. The zero-order chi connectivity index (χ0) is 23.7. The summed E-state index contributed by atoms with van der Waals surface area (Å²) in [6, 6.07) is 16.5. The van der Waals surface area contributed by atoms with Gasteiger partial charge in [-0.2, -0.15) is 0 Å². The highest BCUT2D eigenvalue weighted by Gasteiger charge is 2.21. The first-order valence-corrected chi connectivity index (χ1v) is 11.8. The summed E-state index contributed by atoms with van der Waals surface area (Å²) < 4.78 is 0. The smallest absolute Gasteiger partial charge is 0.253 e. The standard InChI is InChI=1S/C25H20ClN5O2S/c1-31(14-19-3-2-10-34-19)24(33)15-4-7-18(8-5-15)28-25-27-13-16-11-22(32)29-21-12-17(26)6-9-20(21)23(16)30-25/h2-10,12-13H,11,14H2,1H3,(H,29,32)(H,27,28,30). The minimum Gasteiger partial charge on any atom is -0.337 e. The van der Waals surface area contributed by atoms with Crippen molar-refractivity contribution in [2.24, 2.45) is 0 Å². The molecular formula is C25H20ClN5O2S. The van der Waals surface area contributed by atoms with Gasteiger partial charge < -0.3 is 15.5 Å². The number of amides is 2. The fourth-order valence-electron chi connectivity index (χ4n) is 3.78. The number of benzene rings is 2. The fraction of sp³-hybridized carbons (Fsp3) is 0.120. The second-order valence-corrected chi connectivity index (χ2v) is 9.39. The highest BCUT2D eigenvalue weighted by Crippen LogP contribution is 2.34. The Balaban J connectivity index is 1.35. The van der Waals surface area contributed by atoms with E-state index in [1.807, 2.05) is 35.7 Å². The van der Waals surface area contributed by atoms with Crippen LogP contribution in [0.4, 0.5) is 17.3 Å². The predicted octanol–water partition coefficient (Wildman–Crippen LogP) is 5.37. The molecule has 1 aliphatic heterocycles. The second-order valence-electron chi connectivity index (χ2n) is 7.93. The summed E-state index contributed by atoms with van der Waals surface area (Å²) in [5, 5.41) is 8.59. The number of hydrogen-bond donors (Lipinski definition) is 2. The molecule has 2 amide bonds. The number of hydrogen-bond acceptors (Lipinski definition) is 6. The van der Waals surface area contributed by atoms with Gasteiger partial charge in [0.15, 0.2) is 0 Å². The van der Waals surface area contributed by atoms with Crippen molar-refractivity contribution in [2.45, 2.75) is 13.0 Å². The lowest BCUT2D eigenvalue weighted by atomic mass is 10.1. The number of thiophene rings is 1. The molecule has 0 atom stereocenters. The summed E-state index contributed by atoms with van der Waals surface area (Å²) >= 11 is 7.74. The number of carbonyl (C=O) groups is 2. The topological polar surface area (TPSA) is 87.2 Å². The van der Waals surface area contributed by atoms with Crippen LogP contribution in [0.2, 0.25) is 5.02 Å². The Kier molecular flexibility index (Phi) is 6.00. The summed E-state index contributed by atoms with van der Waals surface area (Å²) in [4.78, 5) is 36.9. The van der Waals surface area contributed by atoms with Gasteiger partial charge in [0.2, 0.25) is 11.9 Å². The van der Waals surface area contributed by atoms with Crippen molar-refractivity contribution in [3.8, 4) is 11.3 Å². The molecule has 3 heterocycles. The van der Waals surface area contributed by atoms with Crippen LogP contribution in [0, 0.1) is 0 Å². The van der Waals surface area contributed by atoms with Crippen LogP contribution in [-0.2, 0) is 17.8 Å². The minimum atomic E-state index is -0.143. The van der Waals surface area contributed by atoms with Crippen molar-refractivity contribution in [2.75, 3.05) is 17.7 Å². The van der Waals surface area contributed by atoms with Gasteiger partial charge in [0.25, 0.3) is 5.91 Å². The number of nitrogens with zero attached hydrogens (tertiary/aromatic N) is 3. The Bertz CT molecular complexity index is 1370. The summed E-state index contributed by atoms with van der Waals surface area (Å²) in [5.41, 5.74) is 4.16. The summed E-state index contributed by atoms with van der Waals surface area (Å²) in [6.07, 6.45) is 1.84. The third-order valence-corrected chi connectivity index (χ3v) is 6.53. The lowest BCUT2D eigenvalue weighted by Gasteiger charge is -2.16. The summed E-state index contributed by atoms with van der Waals surface area (Å²) in [6.45, 7) is 0.573. The molecule has 9 heteroatoms. The van der Waals surface area contributed by atoms with E-state index in [-0.39, 0.29) is 18.2 Å². The molecule has 170 valence electrons. The predicted molar refractivity (Wildman–Crippen MR) is 135 cm³/mol. The van der Waals surface area contributed by atoms with Crippen molar-refractivity contribution in [3.05, 3.63) is 87.2 Å². The first kappa shape index (κ1) is 22.1. The molecule has 5 rings (SSSR count). The Morgan fingerprint density at radius 1 is 1.21 bits per heavy atom. The molecule has 0 bridgehead atoms. The van der Waals surface area contributed by atoms with Crippen molar-refractivity contribution in [3.63, 3.8) is 0 Å². The number of aromatic nitrogens is 2. The SMILES string of the molecule is CN(Cc1cccs1)C(=O)c1ccc(Nc2ncc3c(n2)-c2ccc(Cl)cc2NC(=O)C3)cc1. The van der Waals surface area contributed by atoms with Crippen molar-refractivity contribution >= 4 is 52.1 Å². The maximum absolute atomic E-state index is 12.7. The summed E-state index contributed by atoms with van der Waals surface area (Å²) in [7, 11) is 1.79. The number of fused-ring (bicyclic) bond motifs is 3.